The predicted molar refractivity (Wildman–Crippen MR) is 69.7 cm³/mol. The predicted octanol–water partition coefficient (Wildman–Crippen LogP) is 2.97. The Labute approximate surface area is 106 Å². The molecule has 0 saturated carbocycles. The number of unbranched alkanes of at least 4 members (excludes halogenated alkanes) is 1. The van der Waals surface area contributed by atoms with Crippen LogP contribution in [0.4, 0.5) is 5.69 Å². The van der Waals surface area contributed by atoms with Gasteiger partial charge in [0.2, 0.25) is 5.89 Å². The van der Waals surface area contributed by atoms with Crippen LogP contribution in [0.5, 0.6) is 0 Å². The fraction of sp³-hybridized carbons (Fsp3) is 0.429. The van der Waals surface area contributed by atoms with Crippen LogP contribution in [0.1, 0.15) is 43.0 Å². The zero-order valence-electron chi connectivity index (χ0n) is 10.5. The number of aryl methyl sites for hydroxylation is 1. The summed E-state index contributed by atoms with van der Waals surface area (Å²) in [6, 6.07) is 8.29. The van der Waals surface area contributed by atoms with Crippen molar-refractivity contribution in [1.29, 1.82) is 0 Å². The zero-order valence-corrected chi connectivity index (χ0v) is 10.5. The van der Waals surface area contributed by atoms with Crippen LogP contribution in [-0.4, -0.2) is 16.7 Å². The fourth-order valence-electron chi connectivity index (χ4n) is 2.35. The molecular weight excluding hydrogens is 226 g/mol. The monoisotopic (exact) mass is 243 g/mol. The Kier molecular flexibility index (Phi) is 3.00. The molecule has 0 aliphatic carbocycles. The molecule has 1 atom stereocenters. The Morgan fingerprint density at radius 1 is 1.39 bits per heavy atom. The van der Waals surface area contributed by atoms with Crippen molar-refractivity contribution in [3.05, 3.63) is 41.5 Å². The maximum Gasteiger partial charge on any atom is 0.236 e. The fourth-order valence-corrected chi connectivity index (χ4v) is 2.35. The SMILES string of the molecule is CCCCc1noc(C2CNc3ccccc32)n1. The van der Waals surface area contributed by atoms with Crippen molar-refractivity contribution in [2.75, 3.05) is 11.9 Å². The van der Waals surface area contributed by atoms with E-state index in [0.717, 1.165) is 37.5 Å². The summed E-state index contributed by atoms with van der Waals surface area (Å²) in [7, 11) is 0. The number of anilines is 1. The first-order valence-corrected chi connectivity index (χ1v) is 6.53. The summed E-state index contributed by atoms with van der Waals surface area (Å²) in [5, 5.41) is 7.43. The lowest BCUT2D eigenvalue weighted by molar-refractivity contribution is 0.365. The van der Waals surface area contributed by atoms with Gasteiger partial charge in [0.05, 0.1) is 5.92 Å². The molecule has 3 rings (SSSR count). The third kappa shape index (κ3) is 1.98. The Hall–Kier alpha value is -1.84. The number of benzene rings is 1. The third-order valence-electron chi connectivity index (χ3n) is 3.37. The highest BCUT2D eigenvalue weighted by Gasteiger charge is 2.27. The molecule has 2 heterocycles. The second-order valence-electron chi connectivity index (χ2n) is 4.67. The Bertz CT molecular complexity index is 535. The molecule has 0 spiro atoms. The molecule has 0 saturated heterocycles. The summed E-state index contributed by atoms with van der Waals surface area (Å²) < 4.78 is 5.40. The number of para-hydroxylation sites is 1. The first kappa shape index (κ1) is 11.3. The van der Waals surface area contributed by atoms with Crippen molar-refractivity contribution in [3.8, 4) is 0 Å². The van der Waals surface area contributed by atoms with E-state index in [-0.39, 0.29) is 5.92 Å². The number of aromatic nitrogens is 2. The van der Waals surface area contributed by atoms with Crippen LogP contribution in [0.2, 0.25) is 0 Å². The van der Waals surface area contributed by atoms with Gasteiger partial charge in [-0.2, -0.15) is 4.98 Å². The van der Waals surface area contributed by atoms with Gasteiger partial charge in [0.1, 0.15) is 0 Å². The quantitative estimate of drug-likeness (QED) is 0.897. The van der Waals surface area contributed by atoms with E-state index >= 15 is 0 Å². The van der Waals surface area contributed by atoms with Gasteiger partial charge in [0.15, 0.2) is 5.82 Å². The van der Waals surface area contributed by atoms with Gasteiger partial charge in [-0.25, -0.2) is 0 Å². The van der Waals surface area contributed by atoms with Crippen LogP contribution in [0, 0.1) is 0 Å². The highest BCUT2D eigenvalue weighted by molar-refractivity contribution is 5.59. The Balaban J connectivity index is 1.82. The minimum absolute atomic E-state index is 0.198. The lowest BCUT2D eigenvalue weighted by Gasteiger charge is -2.02. The number of fused-ring (bicyclic) bond motifs is 1. The minimum atomic E-state index is 0.198. The van der Waals surface area contributed by atoms with Gasteiger partial charge in [0, 0.05) is 18.7 Å². The molecule has 0 bridgehead atoms. The van der Waals surface area contributed by atoms with E-state index in [2.05, 4.69) is 34.5 Å². The number of rotatable bonds is 4. The molecule has 94 valence electrons. The molecule has 1 N–H and O–H groups in total. The molecule has 0 amide bonds. The lowest BCUT2D eigenvalue weighted by atomic mass is 10.0. The first-order valence-electron chi connectivity index (χ1n) is 6.53. The number of nitrogens with one attached hydrogen (secondary N) is 1. The van der Waals surface area contributed by atoms with E-state index < -0.39 is 0 Å². The van der Waals surface area contributed by atoms with E-state index in [1.807, 2.05) is 12.1 Å². The molecule has 1 aromatic carbocycles. The third-order valence-corrected chi connectivity index (χ3v) is 3.37. The van der Waals surface area contributed by atoms with E-state index in [9.17, 15) is 0 Å². The maximum absolute atomic E-state index is 5.40. The van der Waals surface area contributed by atoms with Crippen LogP contribution in [0.15, 0.2) is 28.8 Å². The van der Waals surface area contributed by atoms with Crippen LogP contribution in [-0.2, 0) is 6.42 Å². The van der Waals surface area contributed by atoms with Gasteiger partial charge in [-0.15, -0.1) is 0 Å². The average Bonchev–Trinajstić information content (AvgIpc) is 3.02. The highest BCUT2D eigenvalue weighted by atomic mass is 16.5. The number of nitrogens with zero attached hydrogens (tertiary/aromatic N) is 2. The molecule has 1 aromatic heterocycles. The van der Waals surface area contributed by atoms with Crippen molar-refractivity contribution in [1.82, 2.24) is 10.1 Å². The second kappa shape index (κ2) is 4.80. The van der Waals surface area contributed by atoms with Gasteiger partial charge in [-0.1, -0.05) is 36.7 Å². The molecule has 1 aliphatic rings. The van der Waals surface area contributed by atoms with Gasteiger partial charge in [-0.05, 0) is 18.1 Å². The van der Waals surface area contributed by atoms with Gasteiger partial charge < -0.3 is 9.84 Å². The van der Waals surface area contributed by atoms with Gasteiger partial charge >= 0.3 is 0 Å². The van der Waals surface area contributed by atoms with Crippen molar-refractivity contribution in [2.24, 2.45) is 0 Å². The maximum atomic E-state index is 5.40. The van der Waals surface area contributed by atoms with Crippen molar-refractivity contribution in [2.45, 2.75) is 32.1 Å². The molecule has 18 heavy (non-hydrogen) atoms. The normalized spacial score (nSPS) is 17.5. The van der Waals surface area contributed by atoms with E-state index in [0.29, 0.717) is 0 Å². The topological polar surface area (TPSA) is 51.0 Å². The molecule has 4 nitrogen and oxygen atoms in total. The van der Waals surface area contributed by atoms with Gasteiger partial charge in [-0.3, -0.25) is 0 Å². The largest absolute Gasteiger partial charge is 0.384 e. The summed E-state index contributed by atoms with van der Waals surface area (Å²) in [6.07, 6.45) is 3.16. The molecule has 0 radical (unpaired) electrons. The van der Waals surface area contributed by atoms with Crippen molar-refractivity contribution >= 4 is 5.69 Å². The van der Waals surface area contributed by atoms with Gasteiger partial charge in [0.25, 0.3) is 0 Å². The molecular formula is C14H17N3O. The molecule has 1 unspecified atom stereocenters. The van der Waals surface area contributed by atoms with Crippen LogP contribution < -0.4 is 5.32 Å². The number of hydrogen-bond acceptors (Lipinski definition) is 4. The smallest absolute Gasteiger partial charge is 0.236 e. The molecule has 4 heteroatoms. The van der Waals surface area contributed by atoms with E-state index in [1.54, 1.807) is 0 Å². The van der Waals surface area contributed by atoms with Crippen LogP contribution in [0.3, 0.4) is 0 Å². The summed E-state index contributed by atoms with van der Waals surface area (Å²) in [5.74, 6) is 1.76. The van der Waals surface area contributed by atoms with Crippen molar-refractivity contribution in [3.63, 3.8) is 0 Å². The summed E-state index contributed by atoms with van der Waals surface area (Å²) in [6.45, 7) is 3.01. The molecule has 0 fully saturated rings. The minimum Gasteiger partial charge on any atom is -0.384 e. The number of hydrogen-bond donors (Lipinski definition) is 1. The lowest BCUT2D eigenvalue weighted by Crippen LogP contribution is -2.04. The van der Waals surface area contributed by atoms with E-state index in [1.165, 1.54) is 11.3 Å². The average molecular weight is 243 g/mol. The first-order chi connectivity index (χ1) is 8.88. The standard InChI is InChI=1S/C14H17N3O/c1-2-3-8-13-16-14(18-17-13)11-9-15-12-7-5-4-6-10(11)12/h4-7,11,15H,2-3,8-9H2,1H3. The van der Waals surface area contributed by atoms with Crippen LogP contribution in [0.25, 0.3) is 0 Å². The summed E-state index contributed by atoms with van der Waals surface area (Å²) in [5.41, 5.74) is 2.43. The highest BCUT2D eigenvalue weighted by Crippen LogP contribution is 2.34. The summed E-state index contributed by atoms with van der Waals surface area (Å²) in [4.78, 5) is 4.51. The second-order valence-corrected chi connectivity index (χ2v) is 4.67. The van der Waals surface area contributed by atoms with Crippen LogP contribution >= 0.6 is 0 Å². The Morgan fingerprint density at radius 3 is 3.17 bits per heavy atom. The molecule has 1 aliphatic heterocycles. The Morgan fingerprint density at radius 2 is 2.28 bits per heavy atom. The van der Waals surface area contributed by atoms with Crippen molar-refractivity contribution < 1.29 is 4.52 Å². The van der Waals surface area contributed by atoms with E-state index in [4.69, 9.17) is 4.52 Å². The zero-order chi connectivity index (χ0) is 12.4. The summed E-state index contributed by atoms with van der Waals surface area (Å²) >= 11 is 0. The molecule has 2 aromatic rings.